The zero-order valence-corrected chi connectivity index (χ0v) is 10.2. The van der Waals surface area contributed by atoms with Gasteiger partial charge in [-0.05, 0) is 20.3 Å². The molecule has 0 unspecified atom stereocenters. The SMILES string of the molecule is CC(C)(CC(=O)O)NC(=O)CN1CCCC1=O. The molecule has 0 atom stereocenters. The van der Waals surface area contributed by atoms with Crippen LogP contribution in [0.15, 0.2) is 0 Å². The van der Waals surface area contributed by atoms with Crippen LogP contribution in [0.3, 0.4) is 0 Å². The maximum Gasteiger partial charge on any atom is 0.305 e. The zero-order chi connectivity index (χ0) is 13.1. The van der Waals surface area contributed by atoms with E-state index in [-0.39, 0.29) is 24.8 Å². The molecule has 0 aromatic carbocycles. The fourth-order valence-electron chi connectivity index (χ4n) is 1.88. The fourth-order valence-corrected chi connectivity index (χ4v) is 1.88. The second-order valence-electron chi connectivity index (χ2n) is 4.92. The smallest absolute Gasteiger partial charge is 0.305 e. The van der Waals surface area contributed by atoms with Crippen molar-refractivity contribution in [3.63, 3.8) is 0 Å². The molecule has 2 amide bonds. The normalized spacial score (nSPS) is 16.1. The van der Waals surface area contributed by atoms with Crippen LogP contribution < -0.4 is 5.32 Å². The summed E-state index contributed by atoms with van der Waals surface area (Å²) in [6, 6.07) is 0. The molecule has 0 spiro atoms. The summed E-state index contributed by atoms with van der Waals surface area (Å²) in [6.45, 7) is 3.91. The van der Waals surface area contributed by atoms with Crippen LogP contribution in [-0.2, 0) is 14.4 Å². The van der Waals surface area contributed by atoms with Crippen LogP contribution in [0.25, 0.3) is 0 Å². The minimum atomic E-state index is -0.965. The third-order valence-electron chi connectivity index (χ3n) is 2.58. The van der Waals surface area contributed by atoms with E-state index >= 15 is 0 Å². The molecule has 0 radical (unpaired) electrons. The molecule has 6 heteroatoms. The summed E-state index contributed by atoms with van der Waals surface area (Å²) in [5.74, 6) is -1.30. The number of likely N-dealkylation sites (tertiary alicyclic amines) is 1. The molecule has 6 nitrogen and oxygen atoms in total. The first-order valence-corrected chi connectivity index (χ1v) is 5.61. The van der Waals surface area contributed by atoms with Gasteiger partial charge < -0.3 is 15.3 Å². The predicted molar refractivity (Wildman–Crippen MR) is 60.3 cm³/mol. The van der Waals surface area contributed by atoms with Crippen LogP contribution in [0.1, 0.15) is 33.1 Å². The third-order valence-corrected chi connectivity index (χ3v) is 2.58. The van der Waals surface area contributed by atoms with Crippen molar-refractivity contribution < 1.29 is 19.5 Å². The first-order chi connectivity index (χ1) is 7.80. The van der Waals surface area contributed by atoms with Gasteiger partial charge in [0.2, 0.25) is 11.8 Å². The van der Waals surface area contributed by atoms with Crippen molar-refractivity contribution in [1.82, 2.24) is 10.2 Å². The molecule has 0 aromatic heterocycles. The van der Waals surface area contributed by atoms with Crippen LogP contribution in [0.4, 0.5) is 0 Å². The predicted octanol–water partition coefficient (Wildman–Crippen LogP) is -0.0217. The Hall–Kier alpha value is -1.59. The lowest BCUT2D eigenvalue weighted by molar-refractivity contribution is -0.139. The Kier molecular flexibility index (Phi) is 4.09. The van der Waals surface area contributed by atoms with Crippen molar-refractivity contribution in [1.29, 1.82) is 0 Å². The van der Waals surface area contributed by atoms with Gasteiger partial charge in [-0.1, -0.05) is 0 Å². The number of carboxylic acid groups (broad SMARTS) is 1. The van der Waals surface area contributed by atoms with Gasteiger partial charge in [0.15, 0.2) is 0 Å². The second-order valence-corrected chi connectivity index (χ2v) is 4.92. The van der Waals surface area contributed by atoms with Crippen molar-refractivity contribution in [3.8, 4) is 0 Å². The molecule has 0 aromatic rings. The molecule has 1 fully saturated rings. The molecule has 0 bridgehead atoms. The van der Waals surface area contributed by atoms with Crippen molar-refractivity contribution in [2.45, 2.75) is 38.6 Å². The van der Waals surface area contributed by atoms with Gasteiger partial charge in [0.25, 0.3) is 0 Å². The minimum Gasteiger partial charge on any atom is -0.481 e. The average molecular weight is 242 g/mol. The Morgan fingerprint density at radius 3 is 2.59 bits per heavy atom. The molecule has 1 rings (SSSR count). The van der Waals surface area contributed by atoms with Crippen molar-refractivity contribution in [2.75, 3.05) is 13.1 Å². The quantitative estimate of drug-likeness (QED) is 0.709. The van der Waals surface area contributed by atoms with Crippen LogP contribution in [-0.4, -0.2) is 46.4 Å². The maximum absolute atomic E-state index is 11.6. The summed E-state index contributed by atoms with van der Waals surface area (Å²) in [5.41, 5.74) is -0.800. The van der Waals surface area contributed by atoms with Crippen LogP contribution >= 0.6 is 0 Å². The maximum atomic E-state index is 11.6. The molecule has 1 aliphatic rings. The van der Waals surface area contributed by atoms with Gasteiger partial charge in [0.05, 0.1) is 13.0 Å². The van der Waals surface area contributed by atoms with Gasteiger partial charge in [-0.3, -0.25) is 14.4 Å². The number of carbonyl (C=O) groups excluding carboxylic acids is 2. The van der Waals surface area contributed by atoms with Crippen molar-refractivity contribution in [3.05, 3.63) is 0 Å². The largest absolute Gasteiger partial charge is 0.481 e. The van der Waals surface area contributed by atoms with Crippen LogP contribution in [0, 0.1) is 0 Å². The standard InChI is InChI=1S/C11H18N2O4/c1-11(2,6-10(16)17)12-8(14)7-13-5-3-4-9(13)15/h3-7H2,1-2H3,(H,12,14)(H,16,17). The number of hydrogen-bond donors (Lipinski definition) is 2. The van der Waals surface area contributed by atoms with Crippen LogP contribution in [0.5, 0.6) is 0 Å². The number of hydrogen-bond acceptors (Lipinski definition) is 3. The van der Waals surface area contributed by atoms with Gasteiger partial charge in [0.1, 0.15) is 0 Å². The highest BCUT2D eigenvalue weighted by Gasteiger charge is 2.27. The van der Waals surface area contributed by atoms with E-state index in [1.165, 1.54) is 4.90 Å². The molecule has 96 valence electrons. The Labute approximate surface area is 100.0 Å². The summed E-state index contributed by atoms with van der Waals surface area (Å²) in [6.07, 6.45) is 1.13. The first kappa shape index (κ1) is 13.5. The number of nitrogens with one attached hydrogen (secondary N) is 1. The van der Waals surface area contributed by atoms with E-state index in [1.54, 1.807) is 13.8 Å². The van der Waals surface area contributed by atoms with Crippen molar-refractivity contribution >= 4 is 17.8 Å². The Morgan fingerprint density at radius 1 is 1.47 bits per heavy atom. The fraction of sp³-hybridized carbons (Fsp3) is 0.727. The summed E-state index contributed by atoms with van der Waals surface area (Å²) in [7, 11) is 0. The number of rotatable bonds is 5. The number of nitrogens with zero attached hydrogens (tertiary/aromatic N) is 1. The van der Waals surface area contributed by atoms with E-state index < -0.39 is 11.5 Å². The molecule has 1 heterocycles. The van der Waals surface area contributed by atoms with E-state index in [1.807, 2.05) is 0 Å². The van der Waals surface area contributed by atoms with E-state index in [9.17, 15) is 14.4 Å². The molecule has 0 aliphatic carbocycles. The molecular formula is C11H18N2O4. The van der Waals surface area contributed by atoms with Crippen LogP contribution in [0.2, 0.25) is 0 Å². The van der Waals surface area contributed by atoms with Gasteiger partial charge in [0, 0.05) is 18.5 Å². The van der Waals surface area contributed by atoms with E-state index in [4.69, 9.17) is 5.11 Å². The third kappa shape index (κ3) is 4.42. The number of carbonyl (C=O) groups is 3. The summed E-state index contributed by atoms with van der Waals surface area (Å²) >= 11 is 0. The minimum absolute atomic E-state index is 0.0158. The molecular weight excluding hydrogens is 224 g/mol. The molecule has 0 saturated carbocycles. The Morgan fingerprint density at radius 2 is 2.12 bits per heavy atom. The van der Waals surface area contributed by atoms with E-state index in [0.29, 0.717) is 13.0 Å². The van der Waals surface area contributed by atoms with Crippen molar-refractivity contribution in [2.24, 2.45) is 0 Å². The Bertz CT molecular complexity index is 338. The highest BCUT2D eigenvalue weighted by molar-refractivity contribution is 5.86. The molecule has 1 aliphatic heterocycles. The van der Waals surface area contributed by atoms with Gasteiger partial charge in [-0.25, -0.2) is 0 Å². The molecule has 2 N–H and O–H groups in total. The highest BCUT2D eigenvalue weighted by Crippen LogP contribution is 2.11. The number of aliphatic carboxylic acids is 1. The summed E-state index contributed by atoms with van der Waals surface area (Å²) < 4.78 is 0. The lowest BCUT2D eigenvalue weighted by Gasteiger charge is -2.25. The lowest BCUT2D eigenvalue weighted by Crippen LogP contribution is -2.49. The topological polar surface area (TPSA) is 86.7 Å². The Balaban J connectivity index is 2.43. The highest BCUT2D eigenvalue weighted by atomic mass is 16.4. The molecule has 17 heavy (non-hydrogen) atoms. The lowest BCUT2D eigenvalue weighted by atomic mass is 10.0. The molecule has 1 saturated heterocycles. The summed E-state index contributed by atoms with van der Waals surface area (Å²) in [4.78, 5) is 35.0. The average Bonchev–Trinajstić information content (AvgIpc) is 2.47. The zero-order valence-electron chi connectivity index (χ0n) is 10.2. The van der Waals surface area contributed by atoms with Gasteiger partial charge in [-0.2, -0.15) is 0 Å². The summed E-state index contributed by atoms with van der Waals surface area (Å²) in [5, 5.41) is 11.3. The number of carboxylic acids is 1. The first-order valence-electron chi connectivity index (χ1n) is 5.61. The van der Waals surface area contributed by atoms with Gasteiger partial charge in [-0.15, -0.1) is 0 Å². The number of amides is 2. The van der Waals surface area contributed by atoms with Gasteiger partial charge >= 0.3 is 5.97 Å². The monoisotopic (exact) mass is 242 g/mol. The van der Waals surface area contributed by atoms with E-state index in [2.05, 4.69) is 5.32 Å². The van der Waals surface area contributed by atoms with E-state index in [0.717, 1.165) is 6.42 Å². The second kappa shape index (κ2) is 5.16.